The minimum Gasteiger partial charge on any atom is -0.465 e. The summed E-state index contributed by atoms with van der Waals surface area (Å²) in [5.41, 5.74) is 2.04. The van der Waals surface area contributed by atoms with E-state index in [1.54, 1.807) is 23.1 Å². The maximum Gasteiger partial charge on any atom is 0.338 e. The summed E-state index contributed by atoms with van der Waals surface area (Å²) in [6.45, 7) is 0.564. The Labute approximate surface area is 132 Å². The number of furan rings is 1. The molecule has 6 heteroatoms. The molecule has 0 spiro atoms. The Balaban J connectivity index is 2.01. The molecule has 0 aliphatic carbocycles. The fraction of sp³-hybridized carbons (Fsp3) is 0.250. The number of ether oxygens (including phenoxy) is 1. The molecular weight excluding hydrogens is 306 g/mol. The van der Waals surface area contributed by atoms with Crippen LogP contribution in [0.2, 0.25) is 5.22 Å². The Kier molecular flexibility index (Phi) is 3.90. The molecule has 0 saturated heterocycles. The maximum atomic E-state index is 12.6. The number of rotatable bonds is 2. The SMILES string of the molecule is COC(=O)c1cccc2c1CCCN2C(=O)c1ccc(Cl)o1. The van der Waals surface area contributed by atoms with E-state index in [2.05, 4.69) is 0 Å². The van der Waals surface area contributed by atoms with Crippen LogP contribution in [0.3, 0.4) is 0 Å². The summed E-state index contributed by atoms with van der Waals surface area (Å²) in [4.78, 5) is 26.1. The topological polar surface area (TPSA) is 59.8 Å². The van der Waals surface area contributed by atoms with E-state index >= 15 is 0 Å². The van der Waals surface area contributed by atoms with Gasteiger partial charge in [-0.15, -0.1) is 0 Å². The van der Waals surface area contributed by atoms with Crippen molar-refractivity contribution in [2.45, 2.75) is 12.8 Å². The van der Waals surface area contributed by atoms with Crippen molar-refractivity contribution in [1.29, 1.82) is 0 Å². The van der Waals surface area contributed by atoms with Gasteiger partial charge in [0.05, 0.1) is 12.7 Å². The number of carbonyl (C=O) groups is 2. The first-order valence-electron chi connectivity index (χ1n) is 6.89. The van der Waals surface area contributed by atoms with Gasteiger partial charge < -0.3 is 14.1 Å². The zero-order valence-corrected chi connectivity index (χ0v) is 12.7. The van der Waals surface area contributed by atoms with Crippen molar-refractivity contribution in [3.63, 3.8) is 0 Å². The third kappa shape index (κ3) is 2.48. The zero-order chi connectivity index (χ0) is 15.7. The molecule has 2 heterocycles. The molecule has 3 rings (SSSR count). The number of amides is 1. The van der Waals surface area contributed by atoms with Gasteiger partial charge in [-0.3, -0.25) is 4.79 Å². The third-order valence-electron chi connectivity index (χ3n) is 3.69. The van der Waals surface area contributed by atoms with Crippen LogP contribution in [0.1, 0.15) is 32.9 Å². The van der Waals surface area contributed by atoms with E-state index in [4.69, 9.17) is 20.8 Å². The van der Waals surface area contributed by atoms with Crippen molar-refractivity contribution < 1.29 is 18.7 Å². The van der Waals surface area contributed by atoms with E-state index < -0.39 is 5.97 Å². The molecule has 1 amide bonds. The Morgan fingerprint density at radius 3 is 2.77 bits per heavy atom. The van der Waals surface area contributed by atoms with Gasteiger partial charge in [-0.2, -0.15) is 0 Å². The molecule has 1 aliphatic rings. The lowest BCUT2D eigenvalue weighted by atomic mass is 9.96. The van der Waals surface area contributed by atoms with Crippen molar-refractivity contribution in [1.82, 2.24) is 0 Å². The van der Waals surface area contributed by atoms with E-state index in [1.165, 1.54) is 13.2 Å². The summed E-state index contributed by atoms with van der Waals surface area (Å²) >= 11 is 5.73. The van der Waals surface area contributed by atoms with Crippen LogP contribution in [0.25, 0.3) is 0 Å². The highest BCUT2D eigenvalue weighted by molar-refractivity contribution is 6.29. The lowest BCUT2D eigenvalue weighted by Crippen LogP contribution is -2.36. The van der Waals surface area contributed by atoms with E-state index in [0.717, 1.165) is 18.4 Å². The second-order valence-electron chi connectivity index (χ2n) is 4.96. The number of halogens is 1. The molecule has 0 unspecified atom stereocenters. The van der Waals surface area contributed by atoms with Gasteiger partial charge >= 0.3 is 5.97 Å². The molecule has 0 bridgehead atoms. The summed E-state index contributed by atoms with van der Waals surface area (Å²) in [7, 11) is 1.35. The van der Waals surface area contributed by atoms with Gasteiger partial charge in [0, 0.05) is 12.2 Å². The van der Waals surface area contributed by atoms with E-state index in [9.17, 15) is 9.59 Å². The van der Waals surface area contributed by atoms with Gasteiger partial charge in [-0.1, -0.05) is 6.07 Å². The van der Waals surface area contributed by atoms with E-state index in [0.29, 0.717) is 17.8 Å². The largest absolute Gasteiger partial charge is 0.465 e. The molecule has 1 aliphatic heterocycles. The number of carbonyl (C=O) groups excluding carboxylic acids is 2. The Morgan fingerprint density at radius 2 is 2.09 bits per heavy atom. The van der Waals surface area contributed by atoms with Crippen LogP contribution in [0.4, 0.5) is 5.69 Å². The van der Waals surface area contributed by atoms with E-state index in [-0.39, 0.29) is 16.9 Å². The van der Waals surface area contributed by atoms with Crippen LogP contribution in [0.5, 0.6) is 0 Å². The van der Waals surface area contributed by atoms with Crippen LogP contribution in [-0.2, 0) is 11.2 Å². The van der Waals surface area contributed by atoms with Gasteiger partial charge in [0.25, 0.3) is 5.91 Å². The average molecular weight is 320 g/mol. The molecule has 22 heavy (non-hydrogen) atoms. The van der Waals surface area contributed by atoms with E-state index in [1.807, 2.05) is 6.07 Å². The number of fused-ring (bicyclic) bond motifs is 1. The third-order valence-corrected chi connectivity index (χ3v) is 3.89. The minimum atomic E-state index is -0.396. The van der Waals surface area contributed by atoms with Gasteiger partial charge in [0.1, 0.15) is 0 Å². The maximum absolute atomic E-state index is 12.6. The highest BCUT2D eigenvalue weighted by Crippen LogP contribution is 2.31. The number of nitrogens with zero attached hydrogens (tertiary/aromatic N) is 1. The Hall–Kier alpha value is -2.27. The van der Waals surface area contributed by atoms with Crippen LogP contribution in [-0.4, -0.2) is 25.5 Å². The number of hydrogen-bond donors (Lipinski definition) is 0. The van der Waals surface area contributed by atoms with Crippen molar-refractivity contribution in [2.75, 3.05) is 18.6 Å². The van der Waals surface area contributed by atoms with Crippen molar-refractivity contribution >= 4 is 29.2 Å². The predicted octanol–water partition coefficient (Wildman–Crippen LogP) is 3.31. The molecule has 114 valence electrons. The fourth-order valence-corrected chi connectivity index (χ4v) is 2.85. The molecular formula is C16H14ClNO4. The first kappa shape index (κ1) is 14.7. The van der Waals surface area contributed by atoms with Crippen molar-refractivity contribution in [2.24, 2.45) is 0 Å². The molecule has 0 saturated carbocycles. The lowest BCUT2D eigenvalue weighted by Gasteiger charge is -2.29. The zero-order valence-electron chi connectivity index (χ0n) is 12.0. The summed E-state index contributed by atoms with van der Waals surface area (Å²) in [5, 5.41) is 0.170. The number of esters is 1. The lowest BCUT2D eigenvalue weighted by molar-refractivity contribution is 0.0599. The molecule has 1 aromatic carbocycles. The van der Waals surface area contributed by atoms with Gasteiger partial charge in [0.15, 0.2) is 11.0 Å². The van der Waals surface area contributed by atoms with Crippen LogP contribution in [0.15, 0.2) is 34.7 Å². The van der Waals surface area contributed by atoms with Gasteiger partial charge in [0.2, 0.25) is 0 Å². The van der Waals surface area contributed by atoms with Gasteiger partial charge in [-0.05, 0) is 54.3 Å². The Bertz CT molecular complexity index is 737. The first-order chi connectivity index (χ1) is 10.6. The van der Waals surface area contributed by atoms with Crippen LogP contribution < -0.4 is 4.90 Å². The van der Waals surface area contributed by atoms with Crippen LogP contribution >= 0.6 is 11.6 Å². The average Bonchev–Trinajstić information content (AvgIpc) is 2.98. The fourth-order valence-electron chi connectivity index (χ4n) is 2.70. The highest BCUT2D eigenvalue weighted by atomic mass is 35.5. The van der Waals surface area contributed by atoms with Crippen molar-refractivity contribution in [3.05, 3.63) is 52.4 Å². The standard InChI is InChI=1S/C16H14ClNO4/c1-21-16(20)11-4-2-6-12-10(11)5-3-9-18(12)15(19)13-7-8-14(17)22-13/h2,4,6-8H,3,5,9H2,1H3. The number of benzene rings is 1. The predicted molar refractivity (Wildman–Crippen MR) is 81.5 cm³/mol. The Morgan fingerprint density at radius 1 is 1.27 bits per heavy atom. The second kappa shape index (κ2) is 5.85. The number of hydrogen-bond acceptors (Lipinski definition) is 4. The summed E-state index contributed by atoms with van der Waals surface area (Å²) in [6.07, 6.45) is 1.49. The molecule has 1 aromatic heterocycles. The minimum absolute atomic E-state index is 0.170. The summed E-state index contributed by atoms with van der Waals surface area (Å²) in [5.74, 6) is -0.483. The van der Waals surface area contributed by atoms with Crippen molar-refractivity contribution in [3.8, 4) is 0 Å². The smallest absolute Gasteiger partial charge is 0.338 e. The van der Waals surface area contributed by atoms with Crippen LogP contribution in [0, 0.1) is 0 Å². The highest BCUT2D eigenvalue weighted by Gasteiger charge is 2.28. The second-order valence-corrected chi connectivity index (χ2v) is 5.33. The molecule has 0 N–H and O–H groups in total. The molecule has 0 fully saturated rings. The molecule has 0 radical (unpaired) electrons. The quantitative estimate of drug-likeness (QED) is 0.797. The number of methoxy groups -OCH3 is 1. The summed E-state index contributed by atoms with van der Waals surface area (Å²) in [6, 6.07) is 8.35. The first-order valence-corrected chi connectivity index (χ1v) is 7.27. The summed E-state index contributed by atoms with van der Waals surface area (Å²) < 4.78 is 10.0. The normalized spacial score (nSPS) is 13.6. The molecule has 2 aromatic rings. The monoisotopic (exact) mass is 319 g/mol. The number of anilines is 1. The molecule has 0 atom stereocenters. The van der Waals surface area contributed by atoms with Gasteiger partial charge in [-0.25, -0.2) is 4.79 Å². The molecule has 5 nitrogen and oxygen atoms in total.